The molecule has 19 heavy (non-hydrogen) atoms. The summed E-state index contributed by atoms with van der Waals surface area (Å²) in [6, 6.07) is 5.96. The molecule has 0 saturated heterocycles. The molecule has 0 radical (unpaired) electrons. The van der Waals surface area contributed by atoms with Gasteiger partial charge in [-0.15, -0.1) is 0 Å². The zero-order chi connectivity index (χ0) is 14.3. The highest BCUT2D eigenvalue weighted by atomic mass is 32.2. The van der Waals surface area contributed by atoms with E-state index >= 15 is 0 Å². The SMILES string of the molecule is COc1ccc(C#CCCO)c(CSC(C)(C)C)c1. The Morgan fingerprint density at radius 1 is 1.32 bits per heavy atom. The Kier molecular flexibility index (Phi) is 6.27. The molecule has 0 saturated carbocycles. The number of methoxy groups -OCH3 is 1. The van der Waals surface area contributed by atoms with Crippen molar-refractivity contribution in [3.8, 4) is 17.6 Å². The van der Waals surface area contributed by atoms with Crippen molar-refractivity contribution in [1.29, 1.82) is 0 Å². The van der Waals surface area contributed by atoms with E-state index in [2.05, 4.69) is 32.6 Å². The maximum absolute atomic E-state index is 8.78. The number of aliphatic hydroxyl groups is 1. The normalized spacial score (nSPS) is 10.8. The highest BCUT2D eigenvalue weighted by molar-refractivity contribution is 7.99. The molecule has 1 rings (SSSR count). The maximum atomic E-state index is 8.78. The molecular formula is C16H22O2S. The van der Waals surface area contributed by atoms with Gasteiger partial charge in [-0.2, -0.15) is 11.8 Å². The molecule has 0 aliphatic heterocycles. The van der Waals surface area contributed by atoms with Crippen LogP contribution in [0.5, 0.6) is 5.75 Å². The number of thioether (sulfide) groups is 1. The predicted octanol–water partition coefficient (Wildman–Crippen LogP) is 3.46. The molecular weight excluding hydrogens is 256 g/mol. The van der Waals surface area contributed by atoms with Gasteiger partial charge in [0, 0.05) is 22.5 Å². The molecule has 0 unspecified atom stereocenters. The Bertz CT molecular complexity index is 464. The van der Waals surface area contributed by atoms with Crippen molar-refractivity contribution in [2.24, 2.45) is 0 Å². The molecule has 1 N–H and O–H groups in total. The summed E-state index contributed by atoms with van der Waals surface area (Å²) in [6.45, 7) is 6.72. The van der Waals surface area contributed by atoms with Crippen LogP contribution in [0, 0.1) is 11.8 Å². The first-order valence-corrected chi connectivity index (χ1v) is 7.35. The van der Waals surface area contributed by atoms with Crippen LogP contribution in [0.25, 0.3) is 0 Å². The van der Waals surface area contributed by atoms with Crippen LogP contribution in [-0.4, -0.2) is 23.6 Å². The van der Waals surface area contributed by atoms with Crippen LogP contribution in [0.1, 0.15) is 38.3 Å². The molecule has 2 nitrogen and oxygen atoms in total. The monoisotopic (exact) mass is 278 g/mol. The summed E-state index contributed by atoms with van der Waals surface area (Å²) in [5.41, 5.74) is 2.20. The Balaban J connectivity index is 2.93. The van der Waals surface area contributed by atoms with E-state index in [-0.39, 0.29) is 11.4 Å². The average molecular weight is 278 g/mol. The van der Waals surface area contributed by atoms with E-state index in [1.54, 1.807) is 7.11 Å². The fraction of sp³-hybridized carbons (Fsp3) is 0.500. The summed E-state index contributed by atoms with van der Waals surface area (Å²) < 4.78 is 5.49. The van der Waals surface area contributed by atoms with Gasteiger partial charge >= 0.3 is 0 Å². The minimum absolute atomic E-state index is 0.106. The van der Waals surface area contributed by atoms with Gasteiger partial charge < -0.3 is 9.84 Å². The van der Waals surface area contributed by atoms with Crippen molar-refractivity contribution in [1.82, 2.24) is 0 Å². The van der Waals surface area contributed by atoms with Crippen LogP contribution < -0.4 is 4.74 Å². The van der Waals surface area contributed by atoms with Crippen LogP contribution in [0.15, 0.2) is 18.2 Å². The summed E-state index contributed by atoms with van der Waals surface area (Å²) in [7, 11) is 1.67. The molecule has 0 fully saturated rings. The molecule has 0 atom stereocenters. The molecule has 104 valence electrons. The molecule has 3 heteroatoms. The topological polar surface area (TPSA) is 29.5 Å². The number of hydrogen-bond acceptors (Lipinski definition) is 3. The summed E-state index contributed by atoms with van der Waals surface area (Å²) in [6.07, 6.45) is 0.512. The summed E-state index contributed by atoms with van der Waals surface area (Å²) in [5.74, 6) is 7.86. The molecule has 0 aliphatic rings. The third kappa shape index (κ3) is 6.04. The summed E-state index contributed by atoms with van der Waals surface area (Å²) >= 11 is 1.89. The molecule has 1 aromatic rings. The van der Waals surface area contributed by atoms with E-state index in [0.717, 1.165) is 17.1 Å². The van der Waals surface area contributed by atoms with Gasteiger partial charge in [0.25, 0.3) is 0 Å². The highest BCUT2D eigenvalue weighted by Gasteiger charge is 2.12. The quantitative estimate of drug-likeness (QED) is 0.855. The maximum Gasteiger partial charge on any atom is 0.119 e. The van der Waals surface area contributed by atoms with E-state index in [4.69, 9.17) is 9.84 Å². The minimum atomic E-state index is 0.106. The lowest BCUT2D eigenvalue weighted by atomic mass is 10.1. The molecule has 1 aromatic carbocycles. The fourth-order valence-electron chi connectivity index (χ4n) is 1.45. The molecule has 0 aromatic heterocycles. The van der Waals surface area contributed by atoms with Crippen LogP contribution in [0.4, 0.5) is 0 Å². The van der Waals surface area contributed by atoms with Gasteiger partial charge in [0.1, 0.15) is 5.75 Å². The second-order valence-corrected chi connectivity index (χ2v) is 7.00. The van der Waals surface area contributed by atoms with Gasteiger partial charge in [-0.3, -0.25) is 0 Å². The minimum Gasteiger partial charge on any atom is -0.497 e. The number of benzene rings is 1. The van der Waals surface area contributed by atoms with Gasteiger partial charge in [-0.25, -0.2) is 0 Å². The predicted molar refractivity (Wildman–Crippen MR) is 82.6 cm³/mol. The first kappa shape index (κ1) is 15.9. The molecule has 0 heterocycles. The Hall–Kier alpha value is -1.11. The van der Waals surface area contributed by atoms with Crippen molar-refractivity contribution < 1.29 is 9.84 Å². The third-order valence-electron chi connectivity index (χ3n) is 2.43. The summed E-state index contributed by atoms with van der Waals surface area (Å²) in [5, 5.41) is 8.78. The van der Waals surface area contributed by atoms with Crippen molar-refractivity contribution in [2.75, 3.05) is 13.7 Å². The fourth-order valence-corrected chi connectivity index (χ4v) is 2.27. The Morgan fingerprint density at radius 3 is 2.63 bits per heavy atom. The van der Waals surface area contributed by atoms with E-state index in [1.165, 1.54) is 5.56 Å². The number of hydrogen-bond donors (Lipinski definition) is 1. The van der Waals surface area contributed by atoms with E-state index in [0.29, 0.717) is 6.42 Å². The zero-order valence-corrected chi connectivity index (χ0v) is 12.9. The van der Waals surface area contributed by atoms with Gasteiger partial charge in [0.2, 0.25) is 0 Å². The number of rotatable bonds is 4. The van der Waals surface area contributed by atoms with Gasteiger partial charge in [-0.1, -0.05) is 32.6 Å². The lowest BCUT2D eigenvalue weighted by Crippen LogP contribution is -2.08. The van der Waals surface area contributed by atoms with Crippen molar-refractivity contribution in [2.45, 2.75) is 37.7 Å². The van der Waals surface area contributed by atoms with Crippen molar-refractivity contribution >= 4 is 11.8 Å². The number of aliphatic hydroxyl groups excluding tert-OH is 1. The van der Waals surface area contributed by atoms with Gasteiger partial charge in [0.05, 0.1) is 13.7 Å². The molecule has 0 spiro atoms. The lowest BCUT2D eigenvalue weighted by molar-refractivity contribution is 0.305. The Morgan fingerprint density at radius 2 is 2.05 bits per heavy atom. The van der Waals surface area contributed by atoms with E-state index < -0.39 is 0 Å². The second-order valence-electron chi connectivity index (χ2n) is 5.20. The van der Waals surface area contributed by atoms with Crippen LogP contribution in [0.2, 0.25) is 0 Å². The van der Waals surface area contributed by atoms with Crippen LogP contribution in [-0.2, 0) is 5.75 Å². The van der Waals surface area contributed by atoms with Crippen molar-refractivity contribution in [3.63, 3.8) is 0 Å². The average Bonchev–Trinajstić information content (AvgIpc) is 2.36. The Labute approximate surface area is 120 Å². The highest BCUT2D eigenvalue weighted by Crippen LogP contribution is 2.29. The smallest absolute Gasteiger partial charge is 0.119 e. The first-order valence-electron chi connectivity index (χ1n) is 6.37. The molecule has 0 amide bonds. The van der Waals surface area contributed by atoms with Gasteiger partial charge in [-0.05, 0) is 23.8 Å². The summed E-state index contributed by atoms with van der Waals surface area (Å²) in [4.78, 5) is 0. The van der Waals surface area contributed by atoms with Crippen LogP contribution >= 0.6 is 11.8 Å². The van der Waals surface area contributed by atoms with Crippen molar-refractivity contribution in [3.05, 3.63) is 29.3 Å². The third-order valence-corrected chi connectivity index (χ3v) is 3.75. The molecule has 0 bridgehead atoms. The lowest BCUT2D eigenvalue weighted by Gasteiger charge is -2.18. The second kappa shape index (κ2) is 7.47. The molecule has 0 aliphatic carbocycles. The standard InChI is InChI=1S/C16H22O2S/c1-16(2,3)19-12-14-11-15(18-4)9-8-13(14)7-5-6-10-17/h8-9,11,17H,6,10,12H2,1-4H3. The van der Waals surface area contributed by atoms with E-state index in [9.17, 15) is 0 Å². The van der Waals surface area contributed by atoms with Gasteiger partial charge in [0.15, 0.2) is 0 Å². The first-order chi connectivity index (χ1) is 8.96. The number of ether oxygens (including phenoxy) is 1. The zero-order valence-electron chi connectivity index (χ0n) is 12.1. The van der Waals surface area contributed by atoms with E-state index in [1.807, 2.05) is 30.0 Å². The van der Waals surface area contributed by atoms with Crippen LogP contribution in [0.3, 0.4) is 0 Å². The largest absolute Gasteiger partial charge is 0.497 e.